The predicted molar refractivity (Wildman–Crippen MR) is 107 cm³/mol. The summed E-state index contributed by atoms with van der Waals surface area (Å²) in [6.07, 6.45) is 0. The second kappa shape index (κ2) is 7.50. The first-order chi connectivity index (χ1) is 12.1. The Labute approximate surface area is 152 Å². The van der Waals surface area contributed by atoms with Gasteiger partial charge < -0.3 is 4.90 Å². The molecule has 0 aliphatic carbocycles. The molecule has 0 unspecified atom stereocenters. The molecule has 0 radical (unpaired) electrons. The minimum atomic E-state index is 0.0814. The number of hydrogen-bond acceptors (Lipinski definition) is 4. The molecule has 1 aromatic carbocycles. The standard InChI is InChI=1S/C20H25N3OS/c1-5-22(6-2)12-13-23-15(4)21-19-18(20(23)24)17(14(3)25-19)16-10-8-7-9-11-16/h7-11H,5-6,12-13H2,1-4H3. The first kappa shape index (κ1) is 17.8. The summed E-state index contributed by atoms with van der Waals surface area (Å²) in [5.41, 5.74) is 2.21. The van der Waals surface area contributed by atoms with Crippen molar-refractivity contribution in [3.63, 3.8) is 0 Å². The van der Waals surface area contributed by atoms with E-state index in [4.69, 9.17) is 4.98 Å². The number of thiophene rings is 1. The number of aryl methyl sites for hydroxylation is 2. The Morgan fingerprint density at radius 1 is 1.12 bits per heavy atom. The molecule has 0 spiro atoms. The van der Waals surface area contributed by atoms with E-state index in [9.17, 15) is 4.79 Å². The zero-order valence-electron chi connectivity index (χ0n) is 15.4. The van der Waals surface area contributed by atoms with E-state index in [1.807, 2.05) is 29.7 Å². The maximum absolute atomic E-state index is 13.3. The highest BCUT2D eigenvalue weighted by molar-refractivity contribution is 7.19. The number of rotatable bonds is 6. The van der Waals surface area contributed by atoms with Crippen molar-refractivity contribution < 1.29 is 0 Å². The summed E-state index contributed by atoms with van der Waals surface area (Å²) in [7, 11) is 0. The maximum Gasteiger partial charge on any atom is 0.262 e. The third kappa shape index (κ3) is 3.39. The van der Waals surface area contributed by atoms with Crippen molar-refractivity contribution in [1.82, 2.24) is 14.5 Å². The average molecular weight is 356 g/mol. The van der Waals surface area contributed by atoms with E-state index < -0.39 is 0 Å². The summed E-state index contributed by atoms with van der Waals surface area (Å²) in [5.74, 6) is 0.797. The number of benzene rings is 1. The molecule has 3 rings (SSSR count). The lowest BCUT2D eigenvalue weighted by atomic mass is 10.0. The summed E-state index contributed by atoms with van der Waals surface area (Å²) in [6, 6.07) is 10.2. The maximum atomic E-state index is 13.3. The van der Waals surface area contributed by atoms with Crippen molar-refractivity contribution >= 4 is 21.6 Å². The van der Waals surface area contributed by atoms with Gasteiger partial charge in [0.05, 0.1) is 5.39 Å². The van der Waals surface area contributed by atoms with E-state index in [0.717, 1.165) is 51.7 Å². The largest absolute Gasteiger partial charge is 0.302 e. The fraction of sp³-hybridized carbons (Fsp3) is 0.400. The molecular formula is C20H25N3OS. The van der Waals surface area contributed by atoms with E-state index in [-0.39, 0.29) is 5.56 Å². The molecular weight excluding hydrogens is 330 g/mol. The van der Waals surface area contributed by atoms with Crippen molar-refractivity contribution in [3.05, 3.63) is 51.4 Å². The summed E-state index contributed by atoms with van der Waals surface area (Å²) >= 11 is 1.61. The SMILES string of the molecule is CCN(CC)CCn1c(C)nc2sc(C)c(-c3ccccc3)c2c1=O. The lowest BCUT2D eigenvalue weighted by Crippen LogP contribution is -2.32. The summed E-state index contributed by atoms with van der Waals surface area (Å²) in [4.78, 5) is 22.3. The third-order valence-corrected chi connectivity index (χ3v) is 5.77. The normalized spacial score (nSPS) is 11.6. The molecule has 0 saturated carbocycles. The molecule has 2 aromatic heterocycles. The Balaban J connectivity index is 2.13. The second-order valence-electron chi connectivity index (χ2n) is 6.22. The van der Waals surface area contributed by atoms with E-state index in [1.165, 1.54) is 0 Å². The number of nitrogens with zero attached hydrogens (tertiary/aromatic N) is 3. The van der Waals surface area contributed by atoms with Gasteiger partial charge in [0.2, 0.25) is 0 Å². The van der Waals surface area contributed by atoms with Crippen molar-refractivity contribution in [2.45, 2.75) is 34.2 Å². The molecule has 0 aliphatic heterocycles. The minimum absolute atomic E-state index is 0.0814. The molecule has 2 heterocycles. The Morgan fingerprint density at radius 3 is 2.44 bits per heavy atom. The van der Waals surface area contributed by atoms with Crippen LogP contribution in [0.3, 0.4) is 0 Å². The fourth-order valence-electron chi connectivity index (χ4n) is 3.29. The average Bonchev–Trinajstić information content (AvgIpc) is 2.94. The second-order valence-corrected chi connectivity index (χ2v) is 7.43. The zero-order chi connectivity index (χ0) is 18.0. The van der Waals surface area contributed by atoms with Gasteiger partial charge in [-0.05, 0) is 32.5 Å². The van der Waals surface area contributed by atoms with Crippen molar-refractivity contribution in [1.29, 1.82) is 0 Å². The summed E-state index contributed by atoms with van der Waals surface area (Å²) < 4.78 is 1.83. The van der Waals surface area contributed by atoms with Crippen molar-refractivity contribution in [3.8, 4) is 11.1 Å². The van der Waals surface area contributed by atoms with Gasteiger partial charge in [-0.2, -0.15) is 0 Å². The molecule has 0 N–H and O–H groups in total. The molecule has 3 aromatic rings. The fourth-order valence-corrected chi connectivity index (χ4v) is 4.37. The highest BCUT2D eigenvalue weighted by Crippen LogP contribution is 2.35. The monoisotopic (exact) mass is 355 g/mol. The van der Waals surface area contributed by atoms with Crippen LogP contribution in [-0.2, 0) is 6.54 Å². The van der Waals surface area contributed by atoms with Crippen LogP contribution in [0, 0.1) is 13.8 Å². The van der Waals surface area contributed by atoms with Crippen LogP contribution in [-0.4, -0.2) is 34.1 Å². The number of fused-ring (bicyclic) bond motifs is 1. The van der Waals surface area contributed by atoms with Crippen LogP contribution in [0.5, 0.6) is 0 Å². The van der Waals surface area contributed by atoms with Gasteiger partial charge in [-0.3, -0.25) is 9.36 Å². The lowest BCUT2D eigenvalue weighted by Gasteiger charge is -2.19. The number of likely N-dealkylation sites (N-methyl/N-ethyl adjacent to an activating group) is 1. The predicted octanol–water partition coefficient (Wildman–Crippen LogP) is 4.08. The molecule has 5 heteroatoms. The van der Waals surface area contributed by atoms with E-state index >= 15 is 0 Å². The Bertz CT molecular complexity index is 924. The van der Waals surface area contributed by atoms with Gasteiger partial charge in [0.15, 0.2) is 0 Å². The van der Waals surface area contributed by atoms with Gasteiger partial charge in [-0.1, -0.05) is 44.2 Å². The molecule has 0 aliphatic rings. The van der Waals surface area contributed by atoms with Gasteiger partial charge >= 0.3 is 0 Å². The lowest BCUT2D eigenvalue weighted by molar-refractivity contribution is 0.288. The summed E-state index contributed by atoms with van der Waals surface area (Å²) in [6.45, 7) is 11.8. The number of hydrogen-bond donors (Lipinski definition) is 0. The molecule has 25 heavy (non-hydrogen) atoms. The van der Waals surface area contributed by atoms with Gasteiger partial charge in [0.25, 0.3) is 5.56 Å². The van der Waals surface area contributed by atoms with Crippen LogP contribution in [0.25, 0.3) is 21.3 Å². The zero-order valence-corrected chi connectivity index (χ0v) is 16.2. The molecule has 0 saturated heterocycles. The molecule has 132 valence electrons. The molecule has 4 nitrogen and oxygen atoms in total. The third-order valence-electron chi connectivity index (χ3n) is 4.78. The highest BCUT2D eigenvalue weighted by Gasteiger charge is 2.18. The van der Waals surface area contributed by atoms with Crippen LogP contribution in [0.2, 0.25) is 0 Å². The van der Waals surface area contributed by atoms with Gasteiger partial charge in [-0.15, -0.1) is 11.3 Å². The number of aromatic nitrogens is 2. The Hall–Kier alpha value is -1.98. The quantitative estimate of drug-likeness (QED) is 0.668. The minimum Gasteiger partial charge on any atom is -0.302 e. The summed E-state index contributed by atoms with van der Waals surface area (Å²) in [5, 5.41) is 0.763. The molecule has 0 atom stereocenters. The van der Waals surface area contributed by atoms with Gasteiger partial charge in [0, 0.05) is 23.5 Å². The highest BCUT2D eigenvalue weighted by atomic mass is 32.1. The van der Waals surface area contributed by atoms with Crippen LogP contribution in [0.15, 0.2) is 35.1 Å². The van der Waals surface area contributed by atoms with Crippen LogP contribution in [0.4, 0.5) is 0 Å². The van der Waals surface area contributed by atoms with Gasteiger partial charge in [0.1, 0.15) is 10.7 Å². The van der Waals surface area contributed by atoms with Crippen LogP contribution in [0.1, 0.15) is 24.5 Å². The molecule has 0 bridgehead atoms. The first-order valence-corrected chi connectivity index (χ1v) is 9.66. The van der Waals surface area contributed by atoms with Crippen molar-refractivity contribution in [2.24, 2.45) is 0 Å². The Kier molecular flexibility index (Phi) is 5.35. The van der Waals surface area contributed by atoms with Crippen LogP contribution < -0.4 is 5.56 Å². The molecule has 0 amide bonds. The van der Waals surface area contributed by atoms with Crippen molar-refractivity contribution in [2.75, 3.05) is 19.6 Å². The smallest absolute Gasteiger partial charge is 0.262 e. The van der Waals surface area contributed by atoms with E-state index in [0.29, 0.717) is 6.54 Å². The van der Waals surface area contributed by atoms with E-state index in [2.05, 4.69) is 37.8 Å². The van der Waals surface area contributed by atoms with Gasteiger partial charge in [-0.25, -0.2) is 4.98 Å². The Morgan fingerprint density at radius 2 is 1.80 bits per heavy atom. The van der Waals surface area contributed by atoms with E-state index in [1.54, 1.807) is 11.3 Å². The first-order valence-electron chi connectivity index (χ1n) is 8.85. The molecule has 0 fully saturated rings. The van der Waals surface area contributed by atoms with Crippen LogP contribution >= 0.6 is 11.3 Å². The topological polar surface area (TPSA) is 38.1 Å².